The highest BCUT2D eigenvalue weighted by Gasteiger charge is 2.24. The molecule has 0 unspecified atom stereocenters. The Balaban J connectivity index is 2.02. The van der Waals surface area contributed by atoms with Crippen LogP contribution in [0, 0.1) is 34.6 Å². The molecule has 0 spiro atoms. The lowest BCUT2D eigenvalue weighted by molar-refractivity contribution is 0.563. The summed E-state index contributed by atoms with van der Waals surface area (Å²) in [7, 11) is 0. The van der Waals surface area contributed by atoms with E-state index in [0.717, 1.165) is 12.5 Å². The molecule has 0 atom stereocenters. The fraction of sp³-hybridized carbons (Fsp3) is 0.250. The minimum atomic E-state index is -0.959. The molecule has 2 aromatic rings. The largest absolute Gasteiger partial charge is 0.206 e. The van der Waals surface area contributed by atoms with Crippen molar-refractivity contribution in [2.45, 2.75) is 32.6 Å². The van der Waals surface area contributed by atoms with Crippen LogP contribution in [0.15, 0.2) is 24.3 Å². The number of rotatable bonds is 3. The van der Waals surface area contributed by atoms with Gasteiger partial charge in [-0.3, -0.25) is 0 Å². The first-order valence-corrected chi connectivity index (χ1v) is 8.03. The molecule has 0 heterocycles. The van der Waals surface area contributed by atoms with Crippen molar-refractivity contribution in [3.63, 3.8) is 0 Å². The average molecular weight is 345 g/mol. The summed E-state index contributed by atoms with van der Waals surface area (Å²) < 4.78 is 56.8. The molecule has 5 heteroatoms. The van der Waals surface area contributed by atoms with Gasteiger partial charge in [0.15, 0.2) is 0 Å². The molecule has 0 fully saturated rings. The number of nitriles is 1. The maximum Gasteiger partial charge on any atom is 0.147 e. The molecule has 0 aliphatic heterocycles. The Morgan fingerprint density at radius 1 is 1.04 bits per heavy atom. The van der Waals surface area contributed by atoms with E-state index in [1.807, 2.05) is 6.92 Å². The molecule has 0 bridgehead atoms. The van der Waals surface area contributed by atoms with Crippen LogP contribution in [0.5, 0.6) is 0 Å². The fourth-order valence-electron chi connectivity index (χ4n) is 3.25. The molecule has 0 saturated heterocycles. The zero-order chi connectivity index (χ0) is 18.1. The molecule has 1 nitrogen and oxygen atoms in total. The van der Waals surface area contributed by atoms with E-state index < -0.39 is 28.8 Å². The van der Waals surface area contributed by atoms with Crippen LogP contribution in [-0.4, -0.2) is 0 Å². The third kappa shape index (κ3) is 3.05. The number of aryl methyl sites for hydroxylation is 1. The monoisotopic (exact) mass is 345 g/mol. The van der Waals surface area contributed by atoms with Gasteiger partial charge in [-0.1, -0.05) is 19.4 Å². The molecule has 0 saturated carbocycles. The summed E-state index contributed by atoms with van der Waals surface area (Å²) in [4.78, 5) is 0. The van der Waals surface area contributed by atoms with Crippen molar-refractivity contribution in [3.8, 4) is 6.07 Å². The van der Waals surface area contributed by atoms with E-state index in [1.165, 1.54) is 24.3 Å². The van der Waals surface area contributed by atoms with Crippen molar-refractivity contribution in [1.82, 2.24) is 0 Å². The summed E-state index contributed by atoms with van der Waals surface area (Å²) in [5.74, 6) is -3.20. The van der Waals surface area contributed by atoms with Crippen molar-refractivity contribution in [3.05, 3.63) is 75.4 Å². The van der Waals surface area contributed by atoms with Gasteiger partial charge in [-0.15, -0.1) is 0 Å². The quantitative estimate of drug-likeness (QED) is 0.697. The predicted molar refractivity (Wildman–Crippen MR) is 86.8 cm³/mol. The smallest absolute Gasteiger partial charge is 0.147 e. The maximum absolute atomic E-state index is 14.4. The number of fused-ring (bicyclic) bond motifs is 1. The van der Waals surface area contributed by atoms with Gasteiger partial charge in [0.2, 0.25) is 0 Å². The minimum Gasteiger partial charge on any atom is -0.206 e. The number of hydrogen-bond donors (Lipinski definition) is 0. The first-order chi connectivity index (χ1) is 12.0. The highest BCUT2D eigenvalue weighted by atomic mass is 19.1. The molecule has 3 rings (SSSR count). The Morgan fingerprint density at radius 2 is 1.72 bits per heavy atom. The van der Waals surface area contributed by atoms with Gasteiger partial charge in [-0.05, 0) is 59.7 Å². The second-order valence-corrected chi connectivity index (χ2v) is 6.09. The van der Waals surface area contributed by atoms with Crippen LogP contribution in [0.25, 0.3) is 5.57 Å². The number of allylic oxidation sites excluding steroid dienone is 2. The van der Waals surface area contributed by atoms with Crippen LogP contribution in [0.4, 0.5) is 17.6 Å². The summed E-state index contributed by atoms with van der Waals surface area (Å²) in [6.07, 6.45) is 2.94. The van der Waals surface area contributed by atoms with E-state index in [2.05, 4.69) is 0 Å². The van der Waals surface area contributed by atoms with Crippen LogP contribution in [0.1, 0.15) is 41.2 Å². The van der Waals surface area contributed by atoms with Gasteiger partial charge in [-0.25, -0.2) is 17.6 Å². The molecule has 0 radical (unpaired) electrons. The highest BCUT2D eigenvalue weighted by molar-refractivity contribution is 5.72. The van der Waals surface area contributed by atoms with Crippen LogP contribution >= 0.6 is 0 Å². The van der Waals surface area contributed by atoms with Gasteiger partial charge in [-0.2, -0.15) is 5.26 Å². The molecule has 128 valence electrons. The van der Waals surface area contributed by atoms with Crippen LogP contribution in [0.2, 0.25) is 0 Å². The molecule has 1 aliphatic rings. The molecular formula is C20H15F4N. The first-order valence-electron chi connectivity index (χ1n) is 8.03. The molecule has 2 aromatic carbocycles. The van der Waals surface area contributed by atoms with Crippen molar-refractivity contribution in [1.29, 1.82) is 5.26 Å². The van der Waals surface area contributed by atoms with Crippen molar-refractivity contribution in [2.24, 2.45) is 0 Å². The van der Waals surface area contributed by atoms with E-state index in [9.17, 15) is 17.6 Å². The Labute approximate surface area is 143 Å². The Morgan fingerprint density at radius 3 is 2.32 bits per heavy atom. The first kappa shape index (κ1) is 17.2. The normalized spacial score (nSPS) is 13.2. The van der Waals surface area contributed by atoms with Gasteiger partial charge >= 0.3 is 0 Å². The zero-order valence-corrected chi connectivity index (χ0v) is 13.6. The van der Waals surface area contributed by atoms with Crippen molar-refractivity contribution < 1.29 is 17.6 Å². The lowest BCUT2D eigenvalue weighted by Crippen LogP contribution is -2.10. The van der Waals surface area contributed by atoms with Crippen molar-refractivity contribution in [2.75, 3.05) is 0 Å². The lowest BCUT2D eigenvalue weighted by Gasteiger charge is -2.20. The van der Waals surface area contributed by atoms with Gasteiger partial charge in [0.1, 0.15) is 34.9 Å². The van der Waals surface area contributed by atoms with E-state index in [0.29, 0.717) is 23.1 Å². The number of nitrogens with zero attached hydrogens (tertiary/aromatic N) is 1. The van der Waals surface area contributed by atoms with E-state index in [4.69, 9.17) is 5.26 Å². The van der Waals surface area contributed by atoms with E-state index in [1.54, 1.807) is 0 Å². The van der Waals surface area contributed by atoms with Gasteiger partial charge in [0.25, 0.3) is 0 Å². The molecule has 25 heavy (non-hydrogen) atoms. The molecule has 1 aliphatic carbocycles. The summed E-state index contributed by atoms with van der Waals surface area (Å²) in [6.45, 7) is 1.92. The minimum absolute atomic E-state index is 0.00977. The third-order valence-corrected chi connectivity index (χ3v) is 4.42. The highest BCUT2D eigenvalue weighted by Crippen LogP contribution is 2.34. The lowest BCUT2D eigenvalue weighted by atomic mass is 9.86. The SMILES string of the molecule is CCCc1cc(F)c(C2=CCc3c(cc(F)c(C#N)c3F)C2)c(F)c1. The van der Waals surface area contributed by atoms with Crippen molar-refractivity contribution >= 4 is 5.57 Å². The van der Waals surface area contributed by atoms with Gasteiger partial charge in [0.05, 0.1) is 0 Å². The fourth-order valence-corrected chi connectivity index (χ4v) is 3.25. The number of benzene rings is 2. The van der Waals surface area contributed by atoms with Crippen LogP contribution < -0.4 is 0 Å². The van der Waals surface area contributed by atoms with Crippen LogP contribution in [0.3, 0.4) is 0 Å². The topological polar surface area (TPSA) is 23.8 Å². The summed E-state index contributed by atoms with van der Waals surface area (Å²) in [5.41, 5.74) is 0.656. The summed E-state index contributed by atoms with van der Waals surface area (Å²) >= 11 is 0. The Hall–Kier alpha value is -2.61. The molecular weight excluding hydrogens is 330 g/mol. The van der Waals surface area contributed by atoms with Gasteiger partial charge in [0, 0.05) is 5.56 Å². The summed E-state index contributed by atoms with van der Waals surface area (Å²) in [5, 5.41) is 8.83. The number of halogens is 4. The third-order valence-electron chi connectivity index (χ3n) is 4.42. The molecule has 0 aromatic heterocycles. The van der Waals surface area contributed by atoms with Gasteiger partial charge < -0.3 is 0 Å². The Kier molecular flexibility index (Phi) is 4.63. The molecule has 0 amide bonds. The Bertz CT molecular complexity index is 899. The van der Waals surface area contributed by atoms with Crippen LogP contribution in [-0.2, 0) is 19.3 Å². The standard InChI is InChI=1S/C20H15F4N/c1-2-3-11-6-17(22)19(18(23)7-11)12-4-5-14-13(8-12)9-16(21)15(10-25)20(14)24/h4,6-7,9H,2-3,5,8H2,1H3. The van der Waals surface area contributed by atoms with E-state index >= 15 is 0 Å². The van der Waals surface area contributed by atoms with E-state index in [-0.39, 0.29) is 24.0 Å². The second-order valence-electron chi connectivity index (χ2n) is 6.09. The zero-order valence-electron chi connectivity index (χ0n) is 13.6. The average Bonchev–Trinajstić information content (AvgIpc) is 2.54. The molecule has 0 N–H and O–H groups in total. The summed E-state index contributed by atoms with van der Waals surface area (Å²) in [6, 6.07) is 5.18. The number of hydrogen-bond acceptors (Lipinski definition) is 1. The predicted octanol–water partition coefficient (Wildman–Crippen LogP) is 5.25. The maximum atomic E-state index is 14.4. The second kappa shape index (κ2) is 6.72.